The third-order valence-corrected chi connectivity index (χ3v) is 6.66. The molecule has 0 fully saturated rings. The van der Waals surface area contributed by atoms with Crippen LogP contribution in [0.4, 0.5) is 11.4 Å². The van der Waals surface area contributed by atoms with Gasteiger partial charge in [0.1, 0.15) is 0 Å². The van der Waals surface area contributed by atoms with Crippen molar-refractivity contribution >= 4 is 61.0 Å². The molecule has 0 radical (unpaired) electrons. The van der Waals surface area contributed by atoms with E-state index in [-0.39, 0.29) is 18.4 Å². The van der Waals surface area contributed by atoms with Crippen LogP contribution in [0.2, 0.25) is 0 Å². The molecule has 0 spiro atoms. The van der Waals surface area contributed by atoms with E-state index in [9.17, 15) is 19.5 Å². The number of ether oxygens (including phenoxy) is 1. The maximum absolute atomic E-state index is 11.8. The van der Waals surface area contributed by atoms with Crippen LogP contribution in [0.25, 0.3) is 0 Å². The summed E-state index contributed by atoms with van der Waals surface area (Å²) in [6.45, 7) is 7.24. The topological polar surface area (TPSA) is 105 Å². The van der Waals surface area contributed by atoms with Crippen LogP contribution in [0, 0.1) is 0 Å². The molecule has 170 valence electrons. The number of amides is 2. The highest BCUT2D eigenvalue weighted by atomic mass is 79.9. The van der Waals surface area contributed by atoms with E-state index in [0.717, 1.165) is 25.8 Å². The molecule has 0 unspecified atom stereocenters. The third-order valence-electron chi connectivity index (χ3n) is 5.75. The van der Waals surface area contributed by atoms with Crippen LogP contribution in [0.1, 0.15) is 54.7 Å². The fourth-order valence-corrected chi connectivity index (χ4v) is 5.02. The lowest BCUT2D eigenvalue weighted by atomic mass is 9.83. The van der Waals surface area contributed by atoms with E-state index < -0.39 is 16.8 Å². The molecule has 2 aromatic carbocycles. The Bertz CT molecular complexity index is 1140. The molecule has 2 heterocycles. The molecule has 2 aromatic rings. The van der Waals surface area contributed by atoms with Crippen LogP contribution in [0.5, 0.6) is 0 Å². The monoisotopic (exact) mass is 566 g/mol. The minimum absolute atomic E-state index is 0.0229. The predicted octanol–water partition coefficient (Wildman–Crippen LogP) is 4.64. The van der Waals surface area contributed by atoms with Crippen LogP contribution in [0.15, 0.2) is 33.2 Å². The Hall–Kier alpha value is -2.23. The number of nitrogens with one attached hydrogen (secondary N) is 2. The lowest BCUT2D eigenvalue weighted by Gasteiger charge is -2.18. The molecular weight excluding hydrogens is 544 g/mol. The normalized spacial score (nSPS) is 16.9. The molecule has 2 amide bonds. The summed E-state index contributed by atoms with van der Waals surface area (Å²) in [5.41, 5.74) is 2.98. The summed E-state index contributed by atoms with van der Waals surface area (Å²) in [6.07, 6.45) is 0. The Morgan fingerprint density at radius 2 is 1.38 bits per heavy atom. The minimum atomic E-state index is -0.723. The van der Waals surface area contributed by atoms with E-state index in [2.05, 4.69) is 42.5 Å². The lowest BCUT2D eigenvalue weighted by molar-refractivity contribution is -0.120. The number of esters is 1. The van der Waals surface area contributed by atoms with Crippen molar-refractivity contribution in [2.75, 3.05) is 17.7 Å². The van der Waals surface area contributed by atoms with Crippen molar-refractivity contribution in [1.29, 1.82) is 0 Å². The first-order valence-electron chi connectivity index (χ1n) is 9.83. The number of aliphatic hydroxyl groups is 1. The summed E-state index contributed by atoms with van der Waals surface area (Å²) >= 11 is 6.66. The predicted molar refractivity (Wildman–Crippen MR) is 129 cm³/mol. The second-order valence-corrected chi connectivity index (χ2v) is 10.5. The Morgan fingerprint density at radius 3 is 1.88 bits per heavy atom. The number of aliphatic hydroxyl groups excluding tert-OH is 1. The fourth-order valence-electron chi connectivity index (χ4n) is 4.06. The van der Waals surface area contributed by atoms with Crippen molar-refractivity contribution in [3.63, 3.8) is 0 Å². The number of hydrogen-bond donors (Lipinski definition) is 3. The zero-order chi connectivity index (χ0) is 24.0. The molecule has 32 heavy (non-hydrogen) atoms. The smallest absolute Gasteiger partial charge is 0.338 e. The summed E-state index contributed by atoms with van der Waals surface area (Å²) in [5.74, 6) is -0.576. The summed E-state index contributed by atoms with van der Waals surface area (Å²) in [6, 6.07) is 7.17. The second kappa shape index (κ2) is 8.61. The highest BCUT2D eigenvalue weighted by Crippen LogP contribution is 2.42. The molecule has 2 aliphatic rings. The van der Waals surface area contributed by atoms with Crippen LogP contribution < -0.4 is 10.6 Å². The van der Waals surface area contributed by atoms with E-state index in [0.29, 0.717) is 16.8 Å². The zero-order valence-electron chi connectivity index (χ0n) is 18.4. The maximum Gasteiger partial charge on any atom is 0.338 e. The van der Waals surface area contributed by atoms with Crippen molar-refractivity contribution in [3.05, 3.63) is 55.5 Å². The maximum atomic E-state index is 11.8. The van der Waals surface area contributed by atoms with E-state index in [1.165, 1.54) is 7.11 Å². The van der Waals surface area contributed by atoms with Crippen LogP contribution in [-0.4, -0.2) is 30.0 Å². The van der Waals surface area contributed by atoms with Gasteiger partial charge in [-0.2, -0.15) is 0 Å². The van der Waals surface area contributed by atoms with Gasteiger partial charge in [0.15, 0.2) is 0 Å². The minimum Gasteiger partial charge on any atom is -0.465 e. The molecule has 3 N–H and O–H groups in total. The summed E-state index contributed by atoms with van der Waals surface area (Å²) in [7, 11) is 1.33. The van der Waals surface area contributed by atoms with Gasteiger partial charge in [-0.15, -0.1) is 0 Å². The van der Waals surface area contributed by atoms with Crippen molar-refractivity contribution in [1.82, 2.24) is 0 Å². The van der Waals surface area contributed by atoms with E-state index in [1.807, 2.05) is 26.0 Å². The highest BCUT2D eigenvalue weighted by Gasteiger charge is 2.42. The summed E-state index contributed by atoms with van der Waals surface area (Å²) in [4.78, 5) is 35.3. The quantitative estimate of drug-likeness (QED) is 0.459. The van der Waals surface area contributed by atoms with Crippen LogP contribution in [-0.2, 0) is 31.8 Å². The molecular formula is C23H24Br2N2O5. The van der Waals surface area contributed by atoms with Crippen molar-refractivity contribution < 1.29 is 24.2 Å². The van der Waals surface area contributed by atoms with E-state index in [1.54, 1.807) is 26.0 Å². The number of carbonyl (C=O) groups excluding carboxylic acids is 3. The van der Waals surface area contributed by atoms with Gasteiger partial charge < -0.3 is 20.5 Å². The number of carbonyl (C=O) groups is 3. The van der Waals surface area contributed by atoms with E-state index in [4.69, 9.17) is 4.74 Å². The highest BCUT2D eigenvalue weighted by molar-refractivity contribution is 9.10. The molecule has 0 aromatic heterocycles. The Balaban J connectivity index is 0.000000182. The van der Waals surface area contributed by atoms with E-state index >= 15 is 0 Å². The number of methoxy groups -OCH3 is 1. The van der Waals surface area contributed by atoms with Crippen LogP contribution >= 0.6 is 31.9 Å². The van der Waals surface area contributed by atoms with Gasteiger partial charge in [0.05, 0.1) is 30.1 Å². The van der Waals surface area contributed by atoms with Gasteiger partial charge >= 0.3 is 5.97 Å². The molecule has 4 rings (SSSR count). The molecule has 0 saturated heterocycles. The second-order valence-electron chi connectivity index (χ2n) is 8.67. The van der Waals surface area contributed by atoms with Crippen molar-refractivity contribution in [3.8, 4) is 0 Å². The molecule has 2 aliphatic heterocycles. The van der Waals surface area contributed by atoms with Crippen LogP contribution in [0.3, 0.4) is 0 Å². The van der Waals surface area contributed by atoms with Gasteiger partial charge in [-0.1, -0.05) is 31.9 Å². The van der Waals surface area contributed by atoms with Crippen molar-refractivity contribution in [2.45, 2.75) is 45.1 Å². The zero-order valence-corrected chi connectivity index (χ0v) is 21.5. The average Bonchev–Trinajstić information content (AvgIpc) is 3.07. The standard InChI is InChI=1S/C12H12BrNO3.C11H12BrNO2/c1-12(2)9-7(10(15)17-3)4-6(13)5-8(9)14-11(12)16;1-11(2)9-6(5-14)3-7(12)4-8(9)13-10(11)15/h4-5H,1-3H3,(H,14,16);3-4,14H,5H2,1-2H3,(H,13,15). The summed E-state index contributed by atoms with van der Waals surface area (Å²) in [5, 5.41) is 14.9. The Morgan fingerprint density at radius 1 is 0.906 bits per heavy atom. The fraction of sp³-hybridized carbons (Fsp3) is 0.348. The molecule has 9 heteroatoms. The Kier molecular flexibility index (Phi) is 6.57. The number of rotatable bonds is 2. The van der Waals surface area contributed by atoms with Gasteiger partial charge in [-0.05, 0) is 63.1 Å². The first-order valence-corrected chi connectivity index (χ1v) is 11.4. The first-order chi connectivity index (χ1) is 14.8. The van der Waals surface area contributed by atoms with Gasteiger partial charge in [0, 0.05) is 25.9 Å². The number of hydrogen-bond acceptors (Lipinski definition) is 5. The van der Waals surface area contributed by atoms with Gasteiger partial charge in [-0.25, -0.2) is 4.79 Å². The number of anilines is 2. The molecule has 0 bridgehead atoms. The SMILES string of the molecule is CC1(C)C(=O)Nc2cc(Br)cc(CO)c21.COC(=O)c1cc(Br)cc2c1C(C)(C)C(=O)N2. The summed E-state index contributed by atoms with van der Waals surface area (Å²) < 4.78 is 6.34. The first kappa shape index (κ1) is 24.4. The average molecular weight is 568 g/mol. The number of benzene rings is 2. The number of halogens is 2. The van der Waals surface area contributed by atoms with Gasteiger partial charge in [0.25, 0.3) is 0 Å². The molecule has 0 atom stereocenters. The molecule has 7 nitrogen and oxygen atoms in total. The molecule has 0 saturated carbocycles. The number of fused-ring (bicyclic) bond motifs is 2. The lowest BCUT2D eigenvalue weighted by Crippen LogP contribution is -2.28. The van der Waals surface area contributed by atoms with Gasteiger partial charge in [0.2, 0.25) is 11.8 Å². The third kappa shape index (κ3) is 4.09. The Labute approximate surface area is 203 Å². The van der Waals surface area contributed by atoms with Crippen molar-refractivity contribution in [2.24, 2.45) is 0 Å². The largest absolute Gasteiger partial charge is 0.465 e. The van der Waals surface area contributed by atoms with Gasteiger partial charge in [-0.3, -0.25) is 9.59 Å². The molecule has 0 aliphatic carbocycles.